The van der Waals surface area contributed by atoms with Crippen LogP contribution in [-0.2, 0) is 16.2 Å². The van der Waals surface area contributed by atoms with Crippen molar-refractivity contribution < 1.29 is 26.0 Å². The molecular weight excluding hydrogens is 324 g/mol. The van der Waals surface area contributed by atoms with Crippen LogP contribution in [0.15, 0.2) is 23.1 Å². The van der Waals surface area contributed by atoms with Gasteiger partial charge in [0.15, 0.2) is 0 Å². The Morgan fingerprint density at radius 2 is 1.82 bits per heavy atom. The second-order valence-electron chi connectivity index (χ2n) is 5.14. The monoisotopic (exact) mass is 340 g/mol. The van der Waals surface area contributed by atoms with Crippen molar-refractivity contribution in [2.45, 2.75) is 30.0 Å². The van der Waals surface area contributed by atoms with Gasteiger partial charge in [-0.25, -0.2) is 12.8 Å². The third-order valence-corrected chi connectivity index (χ3v) is 5.65. The van der Waals surface area contributed by atoms with Gasteiger partial charge >= 0.3 is 6.18 Å². The van der Waals surface area contributed by atoms with Crippen LogP contribution in [0.5, 0.6) is 0 Å². The van der Waals surface area contributed by atoms with E-state index in [-0.39, 0.29) is 6.04 Å². The van der Waals surface area contributed by atoms with E-state index in [0.717, 1.165) is 10.4 Å². The fourth-order valence-electron chi connectivity index (χ4n) is 2.42. The molecule has 0 atom stereocenters. The normalized spacial score (nSPS) is 17.9. The van der Waals surface area contributed by atoms with Crippen LogP contribution in [0, 0.1) is 5.82 Å². The molecule has 1 aromatic carbocycles. The highest BCUT2D eigenvalue weighted by Crippen LogP contribution is 2.33. The molecular formula is C13H16F4N2O2S. The minimum Gasteiger partial charge on any atom is -0.317 e. The van der Waals surface area contributed by atoms with Crippen molar-refractivity contribution >= 4 is 10.0 Å². The van der Waals surface area contributed by atoms with E-state index in [0.29, 0.717) is 38.1 Å². The number of nitrogens with one attached hydrogen (secondary N) is 1. The molecule has 1 N–H and O–H groups in total. The van der Waals surface area contributed by atoms with Gasteiger partial charge in [0.2, 0.25) is 10.0 Å². The molecule has 1 heterocycles. The van der Waals surface area contributed by atoms with Crippen molar-refractivity contribution in [3.05, 3.63) is 29.6 Å². The minimum atomic E-state index is -4.85. The lowest BCUT2D eigenvalue weighted by atomic mass is 10.1. The zero-order valence-corrected chi connectivity index (χ0v) is 12.6. The van der Waals surface area contributed by atoms with Gasteiger partial charge in [-0.05, 0) is 44.1 Å². The third-order valence-electron chi connectivity index (χ3n) is 3.75. The summed E-state index contributed by atoms with van der Waals surface area (Å²) in [6.45, 7) is 1.32. The van der Waals surface area contributed by atoms with Gasteiger partial charge in [0, 0.05) is 13.1 Å². The highest BCUT2D eigenvalue weighted by molar-refractivity contribution is 7.89. The van der Waals surface area contributed by atoms with Crippen molar-refractivity contribution in [1.82, 2.24) is 9.62 Å². The first-order valence-electron chi connectivity index (χ1n) is 6.69. The Morgan fingerprint density at radius 1 is 1.23 bits per heavy atom. The van der Waals surface area contributed by atoms with Crippen LogP contribution >= 0.6 is 0 Å². The van der Waals surface area contributed by atoms with Gasteiger partial charge in [-0.15, -0.1) is 0 Å². The minimum absolute atomic E-state index is 0.253. The van der Waals surface area contributed by atoms with Crippen LogP contribution in [0.3, 0.4) is 0 Å². The molecule has 2 rings (SSSR count). The molecule has 0 unspecified atom stereocenters. The number of sulfonamides is 1. The molecule has 1 aliphatic rings. The maximum absolute atomic E-state index is 13.6. The summed E-state index contributed by atoms with van der Waals surface area (Å²) < 4.78 is 77.0. The second kappa shape index (κ2) is 6.13. The van der Waals surface area contributed by atoms with Crippen LogP contribution in [0.25, 0.3) is 0 Å². The lowest BCUT2D eigenvalue weighted by Gasteiger charge is -2.30. The standard InChI is InChI=1S/C13H16F4N2O2S/c1-19(9-4-6-18-7-5-9)22(20,21)10-2-3-11(12(14)8-10)13(15,16)17/h2-3,8-9,18H,4-7H2,1H3. The number of benzene rings is 1. The Morgan fingerprint density at radius 3 is 2.32 bits per heavy atom. The Labute approximate surface area is 126 Å². The van der Waals surface area contributed by atoms with Crippen molar-refractivity contribution in [3.8, 4) is 0 Å². The first kappa shape index (κ1) is 17.2. The topological polar surface area (TPSA) is 49.4 Å². The molecule has 0 amide bonds. The largest absolute Gasteiger partial charge is 0.419 e. The van der Waals surface area contributed by atoms with Gasteiger partial charge in [-0.2, -0.15) is 17.5 Å². The lowest BCUT2D eigenvalue weighted by Crippen LogP contribution is -2.43. The summed E-state index contributed by atoms with van der Waals surface area (Å²) in [7, 11) is -2.66. The van der Waals surface area contributed by atoms with E-state index in [4.69, 9.17) is 0 Å². The number of hydrogen-bond donors (Lipinski definition) is 1. The first-order chi connectivity index (χ1) is 10.1. The third kappa shape index (κ3) is 3.41. The smallest absolute Gasteiger partial charge is 0.317 e. The maximum Gasteiger partial charge on any atom is 0.419 e. The number of hydrogen-bond acceptors (Lipinski definition) is 3. The molecule has 4 nitrogen and oxygen atoms in total. The number of halogens is 4. The van der Waals surface area contributed by atoms with E-state index in [2.05, 4.69) is 5.32 Å². The SMILES string of the molecule is CN(C1CCNCC1)S(=O)(=O)c1ccc(C(F)(F)F)c(F)c1. The molecule has 1 aromatic rings. The van der Waals surface area contributed by atoms with Gasteiger partial charge in [0.25, 0.3) is 0 Å². The molecule has 1 saturated heterocycles. The Kier molecular flexibility index (Phi) is 4.78. The molecule has 0 bridgehead atoms. The molecule has 1 fully saturated rings. The van der Waals surface area contributed by atoms with E-state index >= 15 is 0 Å². The predicted molar refractivity (Wildman–Crippen MR) is 72.2 cm³/mol. The summed E-state index contributed by atoms with van der Waals surface area (Å²) in [5.74, 6) is -1.59. The van der Waals surface area contributed by atoms with Crippen molar-refractivity contribution in [2.24, 2.45) is 0 Å². The first-order valence-corrected chi connectivity index (χ1v) is 8.13. The zero-order chi connectivity index (χ0) is 16.5. The summed E-state index contributed by atoms with van der Waals surface area (Å²) in [6.07, 6.45) is -3.66. The van der Waals surface area contributed by atoms with E-state index in [1.807, 2.05) is 0 Å². The zero-order valence-electron chi connectivity index (χ0n) is 11.8. The summed E-state index contributed by atoms with van der Waals surface area (Å²) in [5, 5.41) is 3.09. The van der Waals surface area contributed by atoms with Crippen LogP contribution in [-0.4, -0.2) is 38.9 Å². The average Bonchev–Trinajstić information content (AvgIpc) is 2.46. The molecule has 9 heteroatoms. The van der Waals surface area contributed by atoms with Crippen LogP contribution in [0.2, 0.25) is 0 Å². The summed E-state index contributed by atoms with van der Waals surface area (Å²) >= 11 is 0. The molecule has 0 aliphatic carbocycles. The Hall–Kier alpha value is -1.19. The summed E-state index contributed by atoms with van der Waals surface area (Å²) in [4.78, 5) is -0.473. The number of rotatable bonds is 3. The highest BCUT2D eigenvalue weighted by atomic mass is 32.2. The molecule has 124 valence electrons. The maximum atomic E-state index is 13.6. The van der Waals surface area contributed by atoms with Crippen molar-refractivity contribution in [3.63, 3.8) is 0 Å². The molecule has 0 spiro atoms. The van der Waals surface area contributed by atoms with Crippen molar-refractivity contribution in [2.75, 3.05) is 20.1 Å². The molecule has 0 saturated carbocycles. The van der Waals surface area contributed by atoms with Gasteiger partial charge in [-0.3, -0.25) is 0 Å². The fourth-order valence-corrected chi connectivity index (χ4v) is 3.85. The van der Waals surface area contributed by atoms with Gasteiger partial charge in [-0.1, -0.05) is 0 Å². The quantitative estimate of drug-likeness (QED) is 0.859. The second-order valence-corrected chi connectivity index (χ2v) is 7.14. The van der Waals surface area contributed by atoms with E-state index in [9.17, 15) is 26.0 Å². The fraction of sp³-hybridized carbons (Fsp3) is 0.538. The van der Waals surface area contributed by atoms with Crippen LogP contribution in [0.4, 0.5) is 17.6 Å². The number of nitrogens with zero attached hydrogens (tertiary/aromatic N) is 1. The number of piperidine rings is 1. The van der Waals surface area contributed by atoms with Gasteiger partial charge in [0.1, 0.15) is 5.82 Å². The lowest BCUT2D eigenvalue weighted by molar-refractivity contribution is -0.140. The predicted octanol–water partition coefficient (Wildman–Crippen LogP) is 2.22. The summed E-state index contributed by atoms with van der Waals surface area (Å²) in [6, 6.07) is 1.42. The van der Waals surface area contributed by atoms with Crippen LogP contribution < -0.4 is 5.32 Å². The molecule has 0 aromatic heterocycles. The number of alkyl halides is 3. The molecule has 22 heavy (non-hydrogen) atoms. The van der Waals surface area contributed by atoms with Crippen molar-refractivity contribution in [1.29, 1.82) is 0 Å². The highest BCUT2D eigenvalue weighted by Gasteiger charge is 2.36. The molecule has 0 radical (unpaired) electrons. The Balaban J connectivity index is 2.31. The summed E-state index contributed by atoms with van der Waals surface area (Å²) in [5.41, 5.74) is -1.48. The van der Waals surface area contributed by atoms with E-state index < -0.39 is 32.5 Å². The van der Waals surface area contributed by atoms with E-state index in [1.54, 1.807) is 0 Å². The average molecular weight is 340 g/mol. The molecule has 1 aliphatic heterocycles. The van der Waals surface area contributed by atoms with Crippen LogP contribution in [0.1, 0.15) is 18.4 Å². The Bertz CT molecular complexity index is 640. The van der Waals surface area contributed by atoms with Gasteiger partial charge < -0.3 is 5.32 Å². The van der Waals surface area contributed by atoms with E-state index in [1.165, 1.54) is 7.05 Å². The van der Waals surface area contributed by atoms with Gasteiger partial charge in [0.05, 0.1) is 10.5 Å².